The van der Waals surface area contributed by atoms with Gasteiger partial charge in [0.15, 0.2) is 5.82 Å². The lowest BCUT2D eigenvalue weighted by molar-refractivity contribution is -0.118. The highest BCUT2D eigenvalue weighted by atomic mass is 32.2. The van der Waals surface area contributed by atoms with Gasteiger partial charge < -0.3 is 15.9 Å². The Morgan fingerprint density at radius 2 is 2.12 bits per heavy atom. The van der Waals surface area contributed by atoms with Crippen molar-refractivity contribution in [2.45, 2.75) is 39.5 Å². The van der Waals surface area contributed by atoms with Crippen LogP contribution < -0.4 is 15.9 Å². The standard InChI is InChI=1S/C17H25N5O2S/c1-11(2)8-19-16(23)10-25-17-21-20-15(22(17)18)9-24-14-6-5-12(3)7-13(14)4/h5-7,11H,8-10,18H2,1-4H3,(H,19,23). The molecule has 0 radical (unpaired) electrons. The Morgan fingerprint density at radius 3 is 2.80 bits per heavy atom. The highest BCUT2D eigenvalue weighted by molar-refractivity contribution is 7.99. The Morgan fingerprint density at radius 1 is 1.36 bits per heavy atom. The number of nitrogens with zero attached hydrogens (tertiary/aromatic N) is 3. The van der Waals surface area contributed by atoms with Gasteiger partial charge in [0.05, 0.1) is 5.75 Å². The predicted octanol–water partition coefficient (Wildman–Crippen LogP) is 2.05. The number of aryl methyl sites for hydroxylation is 2. The van der Waals surface area contributed by atoms with Gasteiger partial charge in [-0.15, -0.1) is 10.2 Å². The summed E-state index contributed by atoms with van der Waals surface area (Å²) in [7, 11) is 0. The molecule has 0 atom stereocenters. The van der Waals surface area contributed by atoms with E-state index in [0.29, 0.717) is 23.4 Å². The first-order chi connectivity index (χ1) is 11.9. The molecule has 0 saturated heterocycles. The largest absolute Gasteiger partial charge is 0.485 e. The molecule has 2 aromatic rings. The van der Waals surface area contributed by atoms with Crippen molar-refractivity contribution >= 4 is 17.7 Å². The number of carbonyl (C=O) groups is 1. The van der Waals surface area contributed by atoms with E-state index >= 15 is 0 Å². The zero-order valence-electron chi connectivity index (χ0n) is 15.1. The van der Waals surface area contributed by atoms with Gasteiger partial charge in [-0.2, -0.15) is 0 Å². The summed E-state index contributed by atoms with van der Waals surface area (Å²) >= 11 is 1.25. The van der Waals surface area contributed by atoms with E-state index in [1.807, 2.05) is 39.8 Å². The van der Waals surface area contributed by atoms with Crippen LogP contribution in [0.4, 0.5) is 0 Å². The molecule has 0 saturated carbocycles. The zero-order chi connectivity index (χ0) is 18.4. The van der Waals surface area contributed by atoms with Crippen LogP contribution in [-0.2, 0) is 11.4 Å². The molecule has 0 aliphatic rings. The first-order valence-corrected chi connectivity index (χ1v) is 9.14. The molecule has 25 heavy (non-hydrogen) atoms. The van der Waals surface area contributed by atoms with E-state index in [2.05, 4.69) is 21.6 Å². The Balaban J connectivity index is 1.88. The van der Waals surface area contributed by atoms with Crippen LogP contribution in [0.15, 0.2) is 23.4 Å². The summed E-state index contributed by atoms with van der Waals surface area (Å²) in [6, 6.07) is 5.97. The molecule has 0 unspecified atom stereocenters. The second-order valence-corrected chi connectivity index (χ2v) is 7.26. The number of aromatic nitrogens is 3. The van der Waals surface area contributed by atoms with Crippen LogP contribution in [0.5, 0.6) is 5.75 Å². The number of hydrogen-bond acceptors (Lipinski definition) is 6. The maximum absolute atomic E-state index is 11.8. The Kier molecular flexibility index (Phi) is 6.69. The van der Waals surface area contributed by atoms with Gasteiger partial charge in [0.25, 0.3) is 0 Å². The third-order valence-electron chi connectivity index (χ3n) is 3.46. The first-order valence-electron chi connectivity index (χ1n) is 8.15. The Bertz CT molecular complexity index is 730. The molecule has 0 spiro atoms. The van der Waals surface area contributed by atoms with Gasteiger partial charge in [-0.1, -0.05) is 43.3 Å². The summed E-state index contributed by atoms with van der Waals surface area (Å²) in [5, 5.41) is 11.4. The number of hydrogen-bond donors (Lipinski definition) is 2. The normalized spacial score (nSPS) is 10.9. The second kappa shape index (κ2) is 8.75. The Labute approximate surface area is 152 Å². The van der Waals surface area contributed by atoms with Crippen molar-refractivity contribution in [1.82, 2.24) is 20.2 Å². The van der Waals surface area contributed by atoms with Crippen molar-refractivity contribution in [1.29, 1.82) is 0 Å². The van der Waals surface area contributed by atoms with Gasteiger partial charge in [0.2, 0.25) is 11.1 Å². The van der Waals surface area contributed by atoms with Crippen LogP contribution in [-0.4, -0.2) is 33.1 Å². The molecular formula is C17H25N5O2S. The summed E-state index contributed by atoms with van der Waals surface area (Å²) in [5.74, 6) is 7.91. The number of thioether (sulfide) groups is 1. The van der Waals surface area contributed by atoms with Gasteiger partial charge in [-0.3, -0.25) is 4.79 Å². The SMILES string of the molecule is Cc1ccc(OCc2nnc(SCC(=O)NCC(C)C)n2N)c(C)c1. The van der Waals surface area contributed by atoms with E-state index in [1.165, 1.54) is 22.0 Å². The quantitative estimate of drug-likeness (QED) is 0.551. The summed E-state index contributed by atoms with van der Waals surface area (Å²) in [6.07, 6.45) is 0. The Hall–Kier alpha value is -2.22. The average Bonchev–Trinajstić information content (AvgIpc) is 2.90. The van der Waals surface area contributed by atoms with Crippen LogP contribution in [0.2, 0.25) is 0 Å². The minimum absolute atomic E-state index is 0.0465. The summed E-state index contributed by atoms with van der Waals surface area (Å²) in [6.45, 7) is 9.00. The fourth-order valence-corrected chi connectivity index (χ4v) is 2.81. The monoisotopic (exact) mass is 363 g/mol. The minimum Gasteiger partial charge on any atom is -0.485 e. The van der Waals surface area contributed by atoms with E-state index in [9.17, 15) is 4.79 Å². The summed E-state index contributed by atoms with van der Waals surface area (Å²) in [4.78, 5) is 11.8. The molecule has 3 N–H and O–H groups in total. The average molecular weight is 363 g/mol. The third-order valence-corrected chi connectivity index (χ3v) is 4.41. The third kappa shape index (κ3) is 5.67. The highest BCUT2D eigenvalue weighted by Gasteiger charge is 2.13. The maximum atomic E-state index is 11.8. The van der Waals surface area contributed by atoms with Gasteiger partial charge in [-0.05, 0) is 31.4 Å². The lowest BCUT2D eigenvalue weighted by Crippen LogP contribution is -2.29. The van der Waals surface area contributed by atoms with Crippen molar-refractivity contribution in [2.24, 2.45) is 5.92 Å². The van der Waals surface area contributed by atoms with Crippen LogP contribution in [0.1, 0.15) is 30.8 Å². The molecular weight excluding hydrogens is 338 g/mol. The number of amides is 1. The van der Waals surface area contributed by atoms with Crippen molar-refractivity contribution < 1.29 is 9.53 Å². The maximum Gasteiger partial charge on any atom is 0.230 e. The molecule has 0 aliphatic carbocycles. The van der Waals surface area contributed by atoms with Gasteiger partial charge >= 0.3 is 0 Å². The number of carbonyl (C=O) groups excluding carboxylic acids is 1. The van der Waals surface area contributed by atoms with Gasteiger partial charge in [0, 0.05) is 6.54 Å². The van der Waals surface area contributed by atoms with Crippen molar-refractivity contribution in [3.8, 4) is 5.75 Å². The zero-order valence-corrected chi connectivity index (χ0v) is 15.9. The van der Waals surface area contributed by atoms with E-state index < -0.39 is 0 Å². The molecule has 2 rings (SSSR count). The molecule has 0 aliphatic heterocycles. The smallest absolute Gasteiger partial charge is 0.230 e. The molecule has 136 valence electrons. The van der Waals surface area contributed by atoms with Crippen LogP contribution in [0, 0.1) is 19.8 Å². The van der Waals surface area contributed by atoms with Crippen LogP contribution >= 0.6 is 11.8 Å². The molecule has 7 nitrogen and oxygen atoms in total. The van der Waals surface area contributed by atoms with E-state index in [4.69, 9.17) is 10.6 Å². The summed E-state index contributed by atoms with van der Waals surface area (Å²) < 4.78 is 7.14. The van der Waals surface area contributed by atoms with Crippen molar-refractivity contribution in [3.63, 3.8) is 0 Å². The van der Waals surface area contributed by atoms with Crippen molar-refractivity contribution in [2.75, 3.05) is 18.1 Å². The van der Waals surface area contributed by atoms with Crippen molar-refractivity contribution in [3.05, 3.63) is 35.2 Å². The number of rotatable bonds is 8. The molecule has 1 amide bonds. The second-order valence-electron chi connectivity index (χ2n) is 6.31. The number of benzene rings is 1. The molecule has 1 heterocycles. The number of nitrogens with two attached hydrogens (primary N) is 1. The topological polar surface area (TPSA) is 95.1 Å². The van der Waals surface area contributed by atoms with Gasteiger partial charge in [-0.25, -0.2) is 4.68 Å². The van der Waals surface area contributed by atoms with E-state index in [0.717, 1.165) is 11.3 Å². The molecule has 1 aromatic carbocycles. The lowest BCUT2D eigenvalue weighted by Gasteiger charge is -2.09. The fraction of sp³-hybridized carbons (Fsp3) is 0.471. The van der Waals surface area contributed by atoms with Crippen LogP contribution in [0.25, 0.3) is 0 Å². The molecule has 0 bridgehead atoms. The lowest BCUT2D eigenvalue weighted by atomic mass is 10.1. The molecule has 8 heteroatoms. The minimum atomic E-state index is -0.0465. The van der Waals surface area contributed by atoms with Gasteiger partial charge in [0.1, 0.15) is 12.4 Å². The van der Waals surface area contributed by atoms with E-state index in [1.54, 1.807) is 0 Å². The predicted molar refractivity (Wildman–Crippen MR) is 99.0 cm³/mol. The van der Waals surface area contributed by atoms with Crippen LogP contribution in [0.3, 0.4) is 0 Å². The number of ether oxygens (including phenoxy) is 1. The highest BCUT2D eigenvalue weighted by Crippen LogP contribution is 2.20. The molecule has 1 aromatic heterocycles. The first kappa shape index (κ1) is 19.1. The summed E-state index contributed by atoms with van der Waals surface area (Å²) in [5.41, 5.74) is 2.24. The number of nitrogen functional groups attached to an aromatic ring is 1. The number of nitrogens with one attached hydrogen (secondary N) is 1. The molecule has 0 fully saturated rings. The fourth-order valence-electron chi connectivity index (χ4n) is 2.11. The van der Waals surface area contributed by atoms with E-state index in [-0.39, 0.29) is 18.3 Å².